The summed E-state index contributed by atoms with van der Waals surface area (Å²) in [5.74, 6) is 0.701. The number of nitro groups is 1. The molecule has 0 radical (unpaired) electrons. The summed E-state index contributed by atoms with van der Waals surface area (Å²) in [5, 5.41) is 15.4. The molecule has 0 saturated heterocycles. The minimum absolute atomic E-state index is 0. The number of nitrogens with one attached hydrogen (secondary N) is 1. The third kappa shape index (κ3) is 3.42. The van der Waals surface area contributed by atoms with Crippen LogP contribution in [-0.4, -0.2) is 22.9 Å². The quantitative estimate of drug-likeness (QED) is 0.650. The Morgan fingerprint density at radius 2 is 2.00 bits per heavy atom. The lowest BCUT2D eigenvalue weighted by molar-refractivity contribution is -0.380. The summed E-state index contributed by atoms with van der Waals surface area (Å²) in [5.41, 5.74) is 6.47. The number of halogens is 1. The molecule has 2 atom stereocenters. The predicted octanol–water partition coefficient (Wildman–Crippen LogP) is 2.71. The van der Waals surface area contributed by atoms with Gasteiger partial charge >= 0.3 is 5.00 Å². The summed E-state index contributed by atoms with van der Waals surface area (Å²) in [6.07, 6.45) is 5.35. The van der Waals surface area contributed by atoms with Crippen molar-refractivity contribution in [3.8, 4) is 0 Å². The lowest BCUT2D eigenvalue weighted by Gasteiger charge is -2.45. The Kier molecular flexibility index (Phi) is 5.41. The molecular formula is C14H20ClN3O3S. The molecule has 1 aromatic heterocycles. The fourth-order valence-electron chi connectivity index (χ4n) is 3.80. The van der Waals surface area contributed by atoms with Gasteiger partial charge in [0.05, 0.1) is 10.5 Å². The van der Waals surface area contributed by atoms with Crippen molar-refractivity contribution in [3.63, 3.8) is 0 Å². The molecule has 2 fully saturated rings. The molecule has 6 nitrogen and oxygen atoms in total. The zero-order valence-electron chi connectivity index (χ0n) is 12.1. The zero-order chi connectivity index (χ0) is 15.0. The van der Waals surface area contributed by atoms with E-state index in [-0.39, 0.29) is 35.4 Å². The topological polar surface area (TPSA) is 98.3 Å². The van der Waals surface area contributed by atoms with E-state index in [1.54, 1.807) is 5.38 Å². The van der Waals surface area contributed by atoms with Crippen molar-refractivity contribution in [2.75, 3.05) is 0 Å². The lowest BCUT2D eigenvalue weighted by atomic mass is 9.67. The van der Waals surface area contributed by atoms with Gasteiger partial charge in [-0.3, -0.25) is 14.9 Å². The van der Waals surface area contributed by atoms with Crippen LogP contribution in [-0.2, 0) is 0 Å². The number of amides is 1. The van der Waals surface area contributed by atoms with Crippen molar-refractivity contribution in [1.29, 1.82) is 0 Å². The molecule has 0 aliphatic heterocycles. The van der Waals surface area contributed by atoms with Crippen molar-refractivity contribution < 1.29 is 9.72 Å². The molecule has 8 heteroatoms. The fraction of sp³-hybridized carbons (Fsp3) is 0.643. The first kappa shape index (κ1) is 17.2. The summed E-state index contributed by atoms with van der Waals surface area (Å²) in [4.78, 5) is 22.5. The lowest BCUT2D eigenvalue weighted by Crippen LogP contribution is -2.53. The first-order valence-corrected chi connectivity index (χ1v) is 8.22. The van der Waals surface area contributed by atoms with Gasteiger partial charge in [-0.2, -0.15) is 0 Å². The number of carbonyl (C=O) groups is 1. The van der Waals surface area contributed by atoms with E-state index in [1.165, 1.54) is 12.5 Å². The van der Waals surface area contributed by atoms with E-state index in [4.69, 9.17) is 5.73 Å². The van der Waals surface area contributed by atoms with Crippen LogP contribution in [0.4, 0.5) is 5.00 Å². The molecule has 2 aliphatic rings. The van der Waals surface area contributed by atoms with Crippen molar-refractivity contribution in [1.82, 2.24) is 5.32 Å². The highest BCUT2D eigenvalue weighted by Crippen LogP contribution is 2.39. The van der Waals surface area contributed by atoms with Gasteiger partial charge in [-0.25, -0.2) is 0 Å². The van der Waals surface area contributed by atoms with Gasteiger partial charge in [0.2, 0.25) is 0 Å². The second kappa shape index (κ2) is 6.93. The summed E-state index contributed by atoms with van der Waals surface area (Å²) in [6, 6.07) is 1.77. The molecule has 22 heavy (non-hydrogen) atoms. The maximum atomic E-state index is 12.3. The maximum absolute atomic E-state index is 12.3. The largest absolute Gasteiger partial charge is 0.349 e. The smallest absolute Gasteiger partial charge is 0.324 e. The minimum Gasteiger partial charge on any atom is -0.349 e. The molecule has 1 heterocycles. The molecule has 2 unspecified atom stereocenters. The molecule has 2 aliphatic carbocycles. The van der Waals surface area contributed by atoms with Crippen LogP contribution in [0.15, 0.2) is 11.4 Å². The molecule has 2 saturated carbocycles. The molecular weight excluding hydrogens is 326 g/mol. The molecule has 1 amide bonds. The Bertz CT molecular complexity index is 551. The standard InChI is InChI=1S/C14H19N3O3S.ClH/c15-11-4-8-2-1-3-9(5-11)13(8)16-14(18)10-6-12(17(19)20)21-7-10;/h6-9,11,13H,1-5,15H2,(H,16,18);1H. The van der Waals surface area contributed by atoms with Gasteiger partial charge in [-0.05, 0) is 37.5 Å². The Morgan fingerprint density at radius 3 is 2.55 bits per heavy atom. The summed E-state index contributed by atoms with van der Waals surface area (Å²) < 4.78 is 0. The highest BCUT2D eigenvalue weighted by molar-refractivity contribution is 7.13. The third-order valence-electron chi connectivity index (χ3n) is 4.70. The van der Waals surface area contributed by atoms with Crippen molar-refractivity contribution in [2.45, 2.75) is 44.2 Å². The zero-order valence-corrected chi connectivity index (χ0v) is 13.7. The van der Waals surface area contributed by atoms with Crippen LogP contribution in [0.5, 0.6) is 0 Å². The van der Waals surface area contributed by atoms with Crippen molar-refractivity contribution in [3.05, 3.63) is 27.1 Å². The Hall–Kier alpha value is -1.18. The van der Waals surface area contributed by atoms with Gasteiger partial charge in [0, 0.05) is 23.5 Å². The molecule has 122 valence electrons. The van der Waals surface area contributed by atoms with Crippen molar-refractivity contribution in [2.24, 2.45) is 17.6 Å². The number of hydrogen-bond donors (Lipinski definition) is 2. The maximum Gasteiger partial charge on any atom is 0.324 e. The van der Waals surface area contributed by atoms with Crippen LogP contribution in [0.1, 0.15) is 42.5 Å². The van der Waals surface area contributed by atoms with Crippen LogP contribution in [0.3, 0.4) is 0 Å². The van der Waals surface area contributed by atoms with Crippen LogP contribution in [0, 0.1) is 22.0 Å². The highest BCUT2D eigenvalue weighted by atomic mass is 35.5. The fourth-order valence-corrected chi connectivity index (χ4v) is 4.50. The number of nitrogens with zero attached hydrogens (tertiary/aromatic N) is 1. The van der Waals surface area contributed by atoms with Gasteiger partial charge in [-0.15, -0.1) is 12.4 Å². The van der Waals surface area contributed by atoms with Crippen LogP contribution in [0.2, 0.25) is 0 Å². The van der Waals surface area contributed by atoms with E-state index in [0.29, 0.717) is 17.4 Å². The normalized spacial score (nSPS) is 30.2. The minimum atomic E-state index is -0.462. The van der Waals surface area contributed by atoms with E-state index >= 15 is 0 Å². The SMILES string of the molecule is Cl.NC1CC2CCCC(C1)C2NC(=O)c1csc([N+](=O)[O-])c1. The molecule has 0 aromatic carbocycles. The van der Waals surface area contributed by atoms with Gasteiger partial charge in [0.25, 0.3) is 5.91 Å². The Balaban J connectivity index is 0.00000176. The number of carbonyl (C=O) groups excluding carboxylic acids is 1. The molecule has 3 N–H and O–H groups in total. The van der Waals surface area contributed by atoms with E-state index in [1.807, 2.05) is 0 Å². The summed E-state index contributed by atoms with van der Waals surface area (Å²) >= 11 is 0.990. The number of thiophene rings is 1. The van der Waals surface area contributed by atoms with E-state index in [0.717, 1.165) is 37.0 Å². The highest BCUT2D eigenvalue weighted by Gasteiger charge is 2.40. The average molecular weight is 346 g/mol. The third-order valence-corrected chi connectivity index (χ3v) is 5.58. The van der Waals surface area contributed by atoms with Crippen LogP contribution < -0.4 is 11.1 Å². The summed E-state index contributed by atoms with van der Waals surface area (Å²) in [6.45, 7) is 0. The van der Waals surface area contributed by atoms with E-state index in [9.17, 15) is 14.9 Å². The summed E-state index contributed by atoms with van der Waals surface area (Å²) in [7, 11) is 0. The van der Waals surface area contributed by atoms with Crippen LogP contribution in [0.25, 0.3) is 0 Å². The molecule has 3 rings (SSSR count). The number of fused-ring (bicyclic) bond motifs is 2. The van der Waals surface area contributed by atoms with Gasteiger partial charge < -0.3 is 11.1 Å². The number of rotatable bonds is 3. The molecule has 2 bridgehead atoms. The van der Waals surface area contributed by atoms with Gasteiger partial charge in [-0.1, -0.05) is 17.8 Å². The van der Waals surface area contributed by atoms with E-state index < -0.39 is 4.92 Å². The Morgan fingerprint density at radius 1 is 1.36 bits per heavy atom. The predicted molar refractivity (Wildman–Crippen MR) is 87.5 cm³/mol. The molecule has 1 aromatic rings. The first-order chi connectivity index (χ1) is 10.0. The number of nitrogens with two attached hydrogens (primary N) is 1. The van der Waals surface area contributed by atoms with E-state index in [2.05, 4.69) is 5.32 Å². The molecule has 0 spiro atoms. The monoisotopic (exact) mass is 345 g/mol. The van der Waals surface area contributed by atoms with Gasteiger partial charge in [0.1, 0.15) is 0 Å². The van der Waals surface area contributed by atoms with Crippen molar-refractivity contribution >= 4 is 34.7 Å². The Labute approximate surface area is 139 Å². The van der Waals surface area contributed by atoms with Gasteiger partial charge in [0.15, 0.2) is 0 Å². The number of hydrogen-bond acceptors (Lipinski definition) is 5. The first-order valence-electron chi connectivity index (χ1n) is 7.34. The second-order valence-corrected chi connectivity index (χ2v) is 7.00. The van der Waals surface area contributed by atoms with Crippen LogP contribution >= 0.6 is 23.7 Å². The average Bonchev–Trinajstić information content (AvgIpc) is 2.89. The second-order valence-electron chi connectivity index (χ2n) is 6.11.